The van der Waals surface area contributed by atoms with E-state index in [2.05, 4.69) is 48.3 Å². The molecule has 0 radical (unpaired) electrons. The van der Waals surface area contributed by atoms with Crippen LogP contribution in [-0.2, 0) is 21.4 Å². The number of carboxylic acid groups (broad SMARTS) is 1. The second-order valence-corrected chi connectivity index (χ2v) is 16.6. The fourth-order valence-electron chi connectivity index (χ4n) is 5.62. The van der Waals surface area contributed by atoms with Crippen molar-refractivity contribution in [2.75, 3.05) is 6.61 Å². The van der Waals surface area contributed by atoms with Crippen molar-refractivity contribution in [1.29, 1.82) is 0 Å². The van der Waals surface area contributed by atoms with Gasteiger partial charge in [0.25, 0.3) is 5.91 Å². The zero-order valence-electron chi connectivity index (χ0n) is 31.9. The Labute approximate surface area is 317 Å². The van der Waals surface area contributed by atoms with Crippen LogP contribution in [0.5, 0.6) is 5.75 Å². The molecule has 2 amide bonds. The highest BCUT2D eigenvalue weighted by molar-refractivity contribution is 7.14. The van der Waals surface area contributed by atoms with Gasteiger partial charge < -0.3 is 25.6 Å². The van der Waals surface area contributed by atoms with Crippen LogP contribution in [0.25, 0.3) is 22.5 Å². The monoisotopic (exact) mass is 742 g/mol. The number of nitrogens with zero attached hydrogens (tertiary/aromatic N) is 2. The molecule has 0 aliphatic carbocycles. The summed E-state index contributed by atoms with van der Waals surface area (Å²) in [5, 5.41) is 25.9. The molecule has 0 spiro atoms. The normalized spacial score (nSPS) is 13.5. The zero-order chi connectivity index (χ0) is 38.8. The molecule has 0 aliphatic rings. The number of carbonyl (C=O) groups is 3. The molecule has 10 nitrogen and oxygen atoms in total. The van der Waals surface area contributed by atoms with Gasteiger partial charge in [-0.15, -0.1) is 11.3 Å². The summed E-state index contributed by atoms with van der Waals surface area (Å²) >= 11 is 1.34. The van der Waals surface area contributed by atoms with Gasteiger partial charge >= 0.3 is 5.97 Å². The largest absolute Gasteiger partial charge is 0.494 e. The van der Waals surface area contributed by atoms with Crippen LogP contribution in [0, 0.1) is 5.41 Å². The number of hydrogen-bond donors (Lipinski definition) is 4. The predicted molar refractivity (Wildman–Crippen MR) is 210 cm³/mol. The number of benzene rings is 2. The minimum atomic E-state index is -1.57. The maximum absolute atomic E-state index is 13.6. The van der Waals surface area contributed by atoms with Gasteiger partial charge in [0.05, 0.1) is 17.6 Å². The van der Waals surface area contributed by atoms with Crippen molar-refractivity contribution in [2.45, 2.75) is 111 Å². The van der Waals surface area contributed by atoms with E-state index in [-0.39, 0.29) is 11.8 Å². The van der Waals surface area contributed by atoms with E-state index < -0.39 is 41.4 Å². The van der Waals surface area contributed by atoms with Crippen molar-refractivity contribution in [3.8, 4) is 28.3 Å². The number of carbonyl (C=O) groups excluding carboxylic acids is 2. The van der Waals surface area contributed by atoms with Crippen molar-refractivity contribution in [3.63, 3.8) is 0 Å². The molecule has 3 atom stereocenters. The number of aliphatic hydroxyl groups is 1. The van der Waals surface area contributed by atoms with Gasteiger partial charge in [0.15, 0.2) is 11.9 Å². The second-order valence-electron chi connectivity index (χ2n) is 15.6. The van der Waals surface area contributed by atoms with Gasteiger partial charge in [-0.1, -0.05) is 111 Å². The summed E-state index contributed by atoms with van der Waals surface area (Å²) in [6, 6.07) is 16.2. The SMILES string of the molecule is CCCCCCCOc1ccc(-c2cnc(-c3ccc(C[C@H](NC(=O)c4ccc(C(C)(C)C)s4)C(=O)NC(C(=O)O)C(O)C(C)(C)C)cc3)nc2)cc1. The summed E-state index contributed by atoms with van der Waals surface area (Å²) in [4.78, 5) is 49.8. The van der Waals surface area contributed by atoms with Crippen molar-refractivity contribution in [1.82, 2.24) is 20.6 Å². The van der Waals surface area contributed by atoms with Crippen LogP contribution < -0.4 is 15.4 Å². The fourth-order valence-corrected chi connectivity index (χ4v) is 6.59. The summed E-state index contributed by atoms with van der Waals surface area (Å²) in [6.07, 6.45) is 8.22. The van der Waals surface area contributed by atoms with Crippen molar-refractivity contribution in [3.05, 3.63) is 88.4 Å². The van der Waals surface area contributed by atoms with Crippen LogP contribution >= 0.6 is 11.3 Å². The lowest BCUT2D eigenvalue weighted by molar-refractivity contribution is -0.148. The molecular weight excluding hydrogens is 689 g/mol. The lowest BCUT2D eigenvalue weighted by Gasteiger charge is -2.32. The Balaban J connectivity index is 1.46. The third-order valence-corrected chi connectivity index (χ3v) is 10.5. The first-order valence-corrected chi connectivity index (χ1v) is 19.2. The Morgan fingerprint density at radius 1 is 0.792 bits per heavy atom. The maximum Gasteiger partial charge on any atom is 0.328 e. The molecule has 4 rings (SSSR count). The number of rotatable bonds is 17. The molecule has 284 valence electrons. The van der Waals surface area contributed by atoms with Gasteiger partial charge in [0.1, 0.15) is 11.8 Å². The van der Waals surface area contributed by atoms with E-state index in [1.807, 2.05) is 54.6 Å². The Hall–Kier alpha value is -4.61. The summed E-state index contributed by atoms with van der Waals surface area (Å²) in [5.74, 6) is -1.17. The number of aliphatic carboxylic acids is 1. The van der Waals surface area contributed by atoms with Crippen molar-refractivity contribution < 1.29 is 29.3 Å². The first-order chi connectivity index (χ1) is 25.1. The van der Waals surface area contributed by atoms with Crippen LogP contribution in [0.3, 0.4) is 0 Å². The van der Waals surface area contributed by atoms with Gasteiger partial charge in [-0.25, -0.2) is 14.8 Å². The topological polar surface area (TPSA) is 151 Å². The van der Waals surface area contributed by atoms with Crippen molar-refractivity contribution >= 4 is 29.1 Å². The van der Waals surface area contributed by atoms with E-state index in [0.717, 1.165) is 39.3 Å². The maximum atomic E-state index is 13.6. The number of hydrogen-bond acceptors (Lipinski definition) is 8. The molecule has 2 unspecified atom stereocenters. The molecule has 0 saturated carbocycles. The first-order valence-electron chi connectivity index (χ1n) is 18.3. The Kier molecular flexibility index (Phi) is 14.3. The number of carboxylic acids is 1. The van der Waals surface area contributed by atoms with E-state index in [0.29, 0.717) is 17.3 Å². The quantitative estimate of drug-likeness (QED) is 0.0800. The van der Waals surface area contributed by atoms with Crippen LogP contribution in [0.15, 0.2) is 73.1 Å². The zero-order valence-corrected chi connectivity index (χ0v) is 32.8. The summed E-state index contributed by atoms with van der Waals surface area (Å²) in [5.41, 5.74) is 2.36. The van der Waals surface area contributed by atoms with Gasteiger partial charge in [-0.3, -0.25) is 9.59 Å². The van der Waals surface area contributed by atoms with E-state index in [1.165, 1.54) is 37.0 Å². The molecule has 0 aliphatic heterocycles. The third kappa shape index (κ3) is 11.9. The van der Waals surface area contributed by atoms with Gasteiger partial charge in [-0.2, -0.15) is 0 Å². The van der Waals surface area contributed by atoms with Crippen LogP contribution in [0.1, 0.15) is 101 Å². The first kappa shape index (κ1) is 41.2. The van der Waals surface area contributed by atoms with E-state index in [4.69, 9.17) is 4.74 Å². The molecule has 53 heavy (non-hydrogen) atoms. The number of aromatic nitrogens is 2. The number of ether oxygens (including phenoxy) is 1. The fraction of sp³-hybridized carbons (Fsp3) is 0.452. The summed E-state index contributed by atoms with van der Waals surface area (Å²) in [7, 11) is 0. The van der Waals surface area contributed by atoms with Crippen molar-refractivity contribution in [2.24, 2.45) is 5.41 Å². The summed E-state index contributed by atoms with van der Waals surface area (Å²) in [6.45, 7) is 14.1. The van der Waals surface area contributed by atoms with Gasteiger partial charge in [0.2, 0.25) is 5.91 Å². The lowest BCUT2D eigenvalue weighted by atomic mass is 9.84. The molecule has 0 fully saturated rings. The molecule has 4 aromatic rings. The van der Waals surface area contributed by atoms with E-state index in [1.54, 1.807) is 39.2 Å². The minimum absolute atomic E-state index is 0.0751. The molecule has 2 aromatic carbocycles. The Morgan fingerprint density at radius 3 is 1.98 bits per heavy atom. The van der Waals surface area contributed by atoms with Crippen LogP contribution in [0.2, 0.25) is 0 Å². The lowest BCUT2D eigenvalue weighted by Crippen LogP contribution is -2.58. The summed E-state index contributed by atoms with van der Waals surface area (Å²) < 4.78 is 5.89. The van der Waals surface area contributed by atoms with Crippen LogP contribution in [-0.4, -0.2) is 62.8 Å². The smallest absolute Gasteiger partial charge is 0.328 e. The standard InChI is InChI=1S/C42H54N4O6S/c1-8-9-10-11-12-23-52-31-19-17-28(18-20-31)30-25-43-37(44-26-30)29-15-13-27(14-16-29)24-32(38(48)46-35(40(50)51)36(47)42(5,6)7)45-39(49)33-21-22-34(53-33)41(2,3)4/h13-22,25-26,32,35-36,47H,8-12,23-24H2,1-7H3,(H,45,49)(H,46,48)(H,50,51)/t32-,35?,36?/m0/s1. The minimum Gasteiger partial charge on any atom is -0.494 e. The Morgan fingerprint density at radius 2 is 1.42 bits per heavy atom. The number of nitrogens with one attached hydrogen (secondary N) is 2. The van der Waals surface area contributed by atoms with Crippen LogP contribution in [0.4, 0.5) is 0 Å². The van der Waals surface area contributed by atoms with E-state index in [9.17, 15) is 24.6 Å². The van der Waals surface area contributed by atoms with Gasteiger partial charge in [-0.05, 0) is 52.6 Å². The number of aliphatic hydroxyl groups excluding tert-OH is 1. The predicted octanol–water partition coefficient (Wildman–Crippen LogP) is 7.84. The molecular formula is C42H54N4O6S. The molecule has 2 heterocycles. The van der Waals surface area contributed by atoms with E-state index >= 15 is 0 Å². The molecule has 0 saturated heterocycles. The highest BCUT2D eigenvalue weighted by Crippen LogP contribution is 2.30. The molecule has 0 bridgehead atoms. The third-order valence-electron chi connectivity index (χ3n) is 8.97. The number of thiophene rings is 1. The highest BCUT2D eigenvalue weighted by atomic mass is 32.1. The molecule has 11 heteroatoms. The number of amides is 2. The molecule has 4 N–H and O–H groups in total. The average Bonchev–Trinajstić information content (AvgIpc) is 3.64. The second kappa shape index (κ2) is 18.4. The average molecular weight is 743 g/mol. The number of unbranched alkanes of at least 4 members (excludes halogenated alkanes) is 4. The Bertz CT molecular complexity index is 1790. The van der Waals surface area contributed by atoms with Gasteiger partial charge in [0, 0.05) is 34.8 Å². The molecule has 2 aromatic heterocycles. The highest BCUT2D eigenvalue weighted by Gasteiger charge is 2.38.